The van der Waals surface area contributed by atoms with E-state index in [0.717, 1.165) is 33.7 Å². The number of nitrogens with zero attached hydrogens (tertiary/aromatic N) is 2. The van der Waals surface area contributed by atoms with Crippen LogP contribution >= 0.6 is 11.8 Å². The van der Waals surface area contributed by atoms with Crippen LogP contribution < -0.4 is 15.6 Å². The summed E-state index contributed by atoms with van der Waals surface area (Å²) in [4.78, 5) is 4.32. The number of ether oxygens (including phenoxy) is 1. The fraction of sp³-hybridized carbons (Fsp3) is 0.222. The SMILES string of the molecule is COc1ccc(CNNc2ccccc2)cc1CSc1n[nH]c(C)n1. The van der Waals surface area contributed by atoms with Gasteiger partial charge in [0.05, 0.1) is 7.11 Å². The van der Waals surface area contributed by atoms with Gasteiger partial charge < -0.3 is 10.2 Å². The summed E-state index contributed by atoms with van der Waals surface area (Å²) < 4.78 is 5.47. The molecule has 0 amide bonds. The van der Waals surface area contributed by atoms with Gasteiger partial charge >= 0.3 is 0 Å². The molecule has 1 aromatic heterocycles. The number of hydrazine groups is 1. The second-order valence-electron chi connectivity index (χ2n) is 5.48. The van der Waals surface area contributed by atoms with E-state index in [4.69, 9.17) is 4.74 Å². The standard InChI is InChI=1S/C18H21N5OS/c1-13-20-18(23-21-13)25-12-15-10-14(8-9-17(15)24-2)11-19-22-16-6-4-3-5-7-16/h3-10,19,22H,11-12H2,1-2H3,(H,20,21,23). The number of aromatic amines is 1. The van der Waals surface area contributed by atoms with Crippen LogP contribution in [0.25, 0.3) is 0 Å². The van der Waals surface area contributed by atoms with Crippen LogP contribution in [-0.4, -0.2) is 22.3 Å². The molecule has 0 unspecified atom stereocenters. The van der Waals surface area contributed by atoms with E-state index >= 15 is 0 Å². The number of para-hydroxylation sites is 1. The summed E-state index contributed by atoms with van der Waals surface area (Å²) in [6.07, 6.45) is 0. The summed E-state index contributed by atoms with van der Waals surface area (Å²) in [7, 11) is 1.69. The fourth-order valence-corrected chi connectivity index (χ4v) is 3.18. The Kier molecular flexibility index (Phi) is 5.92. The molecule has 0 atom stereocenters. The molecule has 25 heavy (non-hydrogen) atoms. The van der Waals surface area contributed by atoms with Crippen molar-refractivity contribution in [3.8, 4) is 5.75 Å². The number of methoxy groups -OCH3 is 1. The molecule has 130 valence electrons. The molecule has 6 nitrogen and oxygen atoms in total. The number of H-pyrrole nitrogens is 1. The molecule has 3 rings (SSSR count). The smallest absolute Gasteiger partial charge is 0.208 e. The maximum Gasteiger partial charge on any atom is 0.208 e. The normalized spacial score (nSPS) is 10.6. The first kappa shape index (κ1) is 17.3. The van der Waals surface area contributed by atoms with E-state index in [9.17, 15) is 0 Å². The van der Waals surface area contributed by atoms with Gasteiger partial charge in [-0.15, -0.1) is 5.10 Å². The third kappa shape index (κ3) is 4.98. The number of benzene rings is 2. The predicted molar refractivity (Wildman–Crippen MR) is 101 cm³/mol. The van der Waals surface area contributed by atoms with Crippen LogP contribution in [0, 0.1) is 6.92 Å². The topological polar surface area (TPSA) is 74.9 Å². The van der Waals surface area contributed by atoms with E-state index in [0.29, 0.717) is 6.54 Å². The Hall–Kier alpha value is -2.51. The average Bonchev–Trinajstić information content (AvgIpc) is 3.06. The van der Waals surface area contributed by atoms with Crippen LogP contribution in [0.15, 0.2) is 53.7 Å². The Bertz CT molecular complexity index is 806. The molecule has 0 spiro atoms. The number of aryl methyl sites for hydroxylation is 1. The molecule has 0 fully saturated rings. The van der Waals surface area contributed by atoms with Crippen LogP contribution in [0.3, 0.4) is 0 Å². The summed E-state index contributed by atoms with van der Waals surface area (Å²) in [5, 5.41) is 7.76. The second-order valence-corrected chi connectivity index (χ2v) is 6.43. The molecule has 0 aliphatic rings. The lowest BCUT2D eigenvalue weighted by Crippen LogP contribution is -2.20. The van der Waals surface area contributed by atoms with E-state index in [1.54, 1.807) is 18.9 Å². The number of aromatic nitrogens is 3. The van der Waals surface area contributed by atoms with Crippen molar-refractivity contribution in [2.45, 2.75) is 24.4 Å². The van der Waals surface area contributed by atoms with Gasteiger partial charge in [0.1, 0.15) is 11.6 Å². The first-order chi connectivity index (χ1) is 12.2. The van der Waals surface area contributed by atoms with Crippen molar-refractivity contribution in [2.24, 2.45) is 0 Å². The first-order valence-corrected chi connectivity index (χ1v) is 8.94. The highest BCUT2D eigenvalue weighted by Crippen LogP contribution is 2.27. The zero-order valence-corrected chi connectivity index (χ0v) is 15.1. The number of rotatable bonds is 8. The van der Waals surface area contributed by atoms with E-state index in [2.05, 4.69) is 38.2 Å². The Labute approximate surface area is 151 Å². The highest BCUT2D eigenvalue weighted by molar-refractivity contribution is 7.98. The largest absolute Gasteiger partial charge is 0.496 e. The van der Waals surface area contributed by atoms with Gasteiger partial charge in [-0.3, -0.25) is 5.10 Å². The highest BCUT2D eigenvalue weighted by Gasteiger charge is 2.08. The first-order valence-electron chi connectivity index (χ1n) is 7.96. The van der Waals surface area contributed by atoms with Crippen molar-refractivity contribution >= 4 is 17.4 Å². The summed E-state index contributed by atoms with van der Waals surface area (Å²) in [6.45, 7) is 2.60. The highest BCUT2D eigenvalue weighted by atomic mass is 32.2. The minimum Gasteiger partial charge on any atom is -0.496 e. The zero-order valence-electron chi connectivity index (χ0n) is 14.2. The predicted octanol–water partition coefficient (Wildman–Crippen LogP) is 3.53. The molecule has 1 heterocycles. The van der Waals surface area contributed by atoms with Crippen molar-refractivity contribution in [3.63, 3.8) is 0 Å². The van der Waals surface area contributed by atoms with E-state index in [1.807, 2.05) is 43.3 Å². The number of nitrogens with one attached hydrogen (secondary N) is 3. The second kappa shape index (κ2) is 8.55. The van der Waals surface area contributed by atoms with Crippen molar-refractivity contribution in [3.05, 3.63) is 65.5 Å². The molecule has 0 saturated carbocycles. The molecular formula is C18H21N5OS. The van der Waals surface area contributed by atoms with E-state index in [1.165, 1.54) is 5.56 Å². The van der Waals surface area contributed by atoms with Gasteiger partial charge in [0.2, 0.25) is 5.16 Å². The minimum absolute atomic E-state index is 0.705. The van der Waals surface area contributed by atoms with E-state index in [-0.39, 0.29) is 0 Å². The molecule has 3 N–H and O–H groups in total. The minimum atomic E-state index is 0.705. The molecule has 0 bridgehead atoms. The lowest BCUT2D eigenvalue weighted by Gasteiger charge is -2.12. The summed E-state index contributed by atoms with van der Waals surface area (Å²) in [5.74, 6) is 2.44. The van der Waals surface area contributed by atoms with Crippen molar-refractivity contribution in [1.29, 1.82) is 0 Å². The maximum atomic E-state index is 5.47. The van der Waals surface area contributed by atoms with Crippen molar-refractivity contribution in [1.82, 2.24) is 20.6 Å². The Morgan fingerprint density at radius 2 is 2.00 bits per heavy atom. The quantitative estimate of drug-likeness (QED) is 0.424. The van der Waals surface area contributed by atoms with Crippen molar-refractivity contribution in [2.75, 3.05) is 12.5 Å². The number of hydrogen-bond donors (Lipinski definition) is 3. The third-order valence-corrected chi connectivity index (χ3v) is 4.47. The lowest BCUT2D eigenvalue weighted by atomic mass is 10.1. The zero-order chi connectivity index (χ0) is 17.5. The molecule has 0 radical (unpaired) electrons. The molecule has 3 aromatic rings. The van der Waals surface area contributed by atoms with Crippen molar-refractivity contribution < 1.29 is 4.74 Å². The Balaban J connectivity index is 1.60. The summed E-state index contributed by atoms with van der Waals surface area (Å²) >= 11 is 1.58. The van der Waals surface area contributed by atoms with Gasteiger partial charge in [-0.2, -0.15) is 0 Å². The summed E-state index contributed by atoms with van der Waals surface area (Å²) in [5.41, 5.74) is 9.75. The van der Waals surface area contributed by atoms with E-state index < -0.39 is 0 Å². The monoisotopic (exact) mass is 355 g/mol. The third-order valence-electron chi connectivity index (χ3n) is 3.58. The molecule has 0 aliphatic carbocycles. The number of hydrogen-bond acceptors (Lipinski definition) is 6. The van der Waals surface area contributed by atoms with Crippen LogP contribution in [0.2, 0.25) is 0 Å². The van der Waals surface area contributed by atoms with Crippen LogP contribution in [-0.2, 0) is 12.3 Å². The lowest BCUT2D eigenvalue weighted by molar-refractivity contribution is 0.411. The van der Waals surface area contributed by atoms with Gasteiger partial charge in [-0.1, -0.05) is 36.0 Å². The van der Waals surface area contributed by atoms with Crippen LogP contribution in [0.1, 0.15) is 17.0 Å². The summed E-state index contributed by atoms with van der Waals surface area (Å²) in [6, 6.07) is 16.2. The van der Waals surface area contributed by atoms with Gasteiger partial charge in [0.15, 0.2) is 0 Å². The van der Waals surface area contributed by atoms with Gasteiger partial charge in [0.25, 0.3) is 0 Å². The van der Waals surface area contributed by atoms with Gasteiger partial charge in [-0.25, -0.2) is 10.4 Å². The average molecular weight is 355 g/mol. The molecular weight excluding hydrogens is 334 g/mol. The molecule has 0 aliphatic heterocycles. The van der Waals surface area contributed by atoms with Crippen LogP contribution in [0.4, 0.5) is 5.69 Å². The number of anilines is 1. The van der Waals surface area contributed by atoms with Crippen LogP contribution in [0.5, 0.6) is 5.75 Å². The fourth-order valence-electron chi connectivity index (χ4n) is 2.35. The molecule has 7 heteroatoms. The van der Waals surface area contributed by atoms with Gasteiger partial charge in [-0.05, 0) is 36.8 Å². The van der Waals surface area contributed by atoms with Gasteiger partial charge in [0, 0.05) is 23.5 Å². The molecule has 2 aromatic carbocycles. The number of thioether (sulfide) groups is 1. The molecule has 0 saturated heterocycles. The Morgan fingerprint density at radius 1 is 1.16 bits per heavy atom. The Morgan fingerprint density at radius 3 is 2.72 bits per heavy atom. The maximum absolute atomic E-state index is 5.47.